The molecule has 0 fully saturated rings. The first-order chi connectivity index (χ1) is 11.8. The molecule has 1 atom stereocenters. The van der Waals surface area contributed by atoms with Crippen LogP contribution in [-0.2, 0) is 11.2 Å². The van der Waals surface area contributed by atoms with Gasteiger partial charge in [-0.2, -0.15) is 0 Å². The van der Waals surface area contributed by atoms with Crippen LogP contribution >= 0.6 is 11.6 Å². The topological polar surface area (TPSA) is 47.6 Å². The average molecular weight is 360 g/mol. The molecule has 5 heteroatoms. The summed E-state index contributed by atoms with van der Waals surface area (Å²) in [5.41, 5.74) is 1.86. The first-order valence-corrected chi connectivity index (χ1v) is 8.70. The number of hydrogen-bond acceptors (Lipinski definition) is 3. The minimum Gasteiger partial charge on any atom is -0.483 e. The molecule has 0 saturated heterocycles. The predicted molar refractivity (Wildman–Crippen MR) is 98.4 cm³/mol. The Bertz CT molecular complexity index is 771. The van der Waals surface area contributed by atoms with Gasteiger partial charge in [-0.1, -0.05) is 35.9 Å². The van der Waals surface area contributed by atoms with E-state index in [1.807, 2.05) is 63.2 Å². The van der Waals surface area contributed by atoms with Crippen molar-refractivity contribution in [2.45, 2.75) is 38.8 Å². The summed E-state index contributed by atoms with van der Waals surface area (Å²) in [5.74, 6) is 1.17. The van der Waals surface area contributed by atoms with Crippen LogP contribution in [0.15, 0.2) is 42.5 Å². The van der Waals surface area contributed by atoms with Gasteiger partial charge in [0.05, 0.1) is 6.04 Å². The van der Waals surface area contributed by atoms with Gasteiger partial charge in [-0.25, -0.2) is 0 Å². The maximum Gasteiger partial charge on any atom is 0.258 e. The van der Waals surface area contributed by atoms with E-state index >= 15 is 0 Å². The second kappa shape index (κ2) is 6.96. The summed E-state index contributed by atoms with van der Waals surface area (Å²) in [6.07, 6.45) is 0.833. The van der Waals surface area contributed by atoms with Crippen LogP contribution in [0.5, 0.6) is 11.5 Å². The van der Waals surface area contributed by atoms with Crippen molar-refractivity contribution in [2.24, 2.45) is 0 Å². The molecule has 3 rings (SSSR count). The third kappa shape index (κ3) is 4.26. The average Bonchev–Trinajstić information content (AvgIpc) is 2.87. The number of fused-ring (bicyclic) bond motifs is 1. The van der Waals surface area contributed by atoms with Crippen molar-refractivity contribution in [3.05, 3.63) is 58.6 Å². The smallest absolute Gasteiger partial charge is 0.258 e. The van der Waals surface area contributed by atoms with Crippen LogP contribution in [-0.4, -0.2) is 18.1 Å². The molecule has 1 aliphatic heterocycles. The predicted octanol–water partition coefficient (Wildman–Crippen LogP) is 4.31. The second-order valence-electron chi connectivity index (χ2n) is 6.91. The monoisotopic (exact) mass is 359 g/mol. The van der Waals surface area contributed by atoms with Crippen LogP contribution < -0.4 is 14.8 Å². The number of amides is 1. The zero-order valence-corrected chi connectivity index (χ0v) is 15.4. The van der Waals surface area contributed by atoms with E-state index in [-0.39, 0.29) is 24.2 Å². The molecule has 2 aromatic carbocycles. The summed E-state index contributed by atoms with van der Waals surface area (Å²) in [6, 6.07) is 13.1. The molecule has 0 aliphatic carbocycles. The summed E-state index contributed by atoms with van der Waals surface area (Å²) in [6.45, 7) is 5.94. The standard InChI is InChI=1S/C20H22ClNO3/c1-13(14-7-9-16(21)10-8-14)22-18(23)12-24-17-6-4-5-15-11-20(2,3)25-19(15)17/h4-10,13H,11-12H2,1-3H3,(H,22,23). The highest BCUT2D eigenvalue weighted by atomic mass is 35.5. The normalized spacial score (nSPS) is 15.8. The minimum atomic E-state index is -0.243. The van der Waals surface area contributed by atoms with Gasteiger partial charge < -0.3 is 14.8 Å². The Kier molecular flexibility index (Phi) is 4.91. The Labute approximate surface area is 153 Å². The van der Waals surface area contributed by atoms with Crippen molar-refractivity contribution >= 4 is 17.5 Å². The Morgan fingerprint density at radius 3 is 2.72 bits per heavy atom. The van der Waals surface area contributed by atoms with E-state index in [9.17, 15) is 4.79 Å². The lowest BCUT2D eigenvalue weighted by molar-refractivity contribution is -0.123. The van der Waals surface area contributed by atoms with Gasteiger partial charge in [-0.05, 0) is 44.5 Å². The Morgan fingerprint density at radius 1 is 1.28 bits per heavy atom. The first kappa shape index (κ1) is 17.6. The lowest BCUT2D eigenvalue weighted by atomic mass is 10.0. The van der Waals surface area contributed by atoms with Gasteiger partial charge in [0.15, 0.2) is 18.1 Å². The third-order valence-corrected chi connectivity index (χ3v) is 4.41. The molecule has 132 valence electrons. The molecule has 1 amide bonds. The highest BCUT2D eigenvalue weighted by Gasteiger charge is 2.32. The van der Waals surface area contributed by atoms with E-state index in [0.29, 0.717) is 10.8 Å². The molecule has 4 nitrogen and oxygen atoms in total. The van der Waals surface area contributed by atoms with Gasteiger partial charge in [0.25, 0.3) is 5.91 Å². The van der Waals surface area contributed by atoms with Crippen molar-refractivity contribution in [1.82, 2.24) is 5.32 Å². The summed E-state index contributed by atoms with van der Waals surface area (Å²) >= 11 is 5.89. The summed E-state index contributed by atoms with van der Waals surface area (Å²) in [7, 11) is 0. The number of rotatable bonds is 5. The van der Waals surface area contributed by atoms with Gasteiger partial charge in [-0.15, -0.1) is 0 Å². The molecule has 0 radical (unpaired) electrons. The van der Waals surface area contributed by atoms with Gasteiger partial charge >= 0.3 is 0 Å². The Balaban J connectivity index is 1.59. The quantitative estimate of drug-likeness (QED) is 0.865. The molecule has 2 aromatic rings. The molecular weight excluding hydrogens is 338 g/mol. The zero-order chi connectivity index (χ0) is 18.0. The number of ether oxygens (including phenoxy) is 2. The summed E-state index contributed by atoms with van der Waals surface area (Å²) < 4.78 is 11.7. The number of nitrogens with one attached hydrogen (secondary N) is 1. The fourth-order valence-corrected chi connectivity index (χ4v) is 3.09. The molecule has 0 saturated carbocycles. The summed E-state index contributed by atoms with van der Waals surface area (Å²) in [4.78, 5) is 12.2. The van der Waals surface area contributed by atoms with Gasteiger partial charge in [0, 0.05) is 17.0 Å². The fraction of sp³-hybridized carbons (Fsp3) is 0.350. The number of carbonyl (C=O) groups excluding carboxylic acids is 1. The molecule has 1 heterocycles. The van der Waals surface area contributed by atoms with Gasteiger partial charge in [0.1, 0.15) is 5.60 Å². The van der Waals surface area contributed by atoms with Crippen LogP contribution in [0, 0.1) is 0 Å². The number of benzene rings is 2. The van der Waals surface area contributed by atoms with E-state index in [1.54, 1.807) is 0 Å². The highest BCUT2D eigenvalue weighted by Crippen LogP contribution is 2.41. The molecule has 1 unspecified atom stereocenters. The summed E-state index contributed by atoms with van der Waals surface area (Å²) in [5, 5.41) is 3.59. The van der Waals surface area contributed by atoms with E-state index in [4.69, 9.17) is 21.1 Å². The Hall–Kier alpha value is -2.20. The zero-order valence-electron chi connectivity index (χ0n) is 14.6. The third-order valence-electron chi connectivity index (χ3n) is 4.16. The van der Waals surface area contributed by atoms with Gasteiger partial charge in [-0.3, -0.25) is 4.79 Å². The second-order valence-corrected chi connectivity index (χ2v) is 7.35. The van der Waals surface area contributed by atoms with E-state index < -0.39 is 0 Å². The SMILES string of the molecule is CC(NC(=O)COc1cccc2c1OC(C)(C)C2)c1ccc(Cl)cc1. The molecule has 0 bridgehead atoms. The lowest BCUT2D eigenvalue weighted by Gasteiger charge is -2.18. The van der Waals surface area contributed by atoms with Crippen LogP contribution in [0.25, 0.3) is 0 Å². The van der Waals surface area contributed by atoms with E-state index in [2.05, 4.69) is 5.32 Å². The number of para-hydroxylation sites is 1. The van der Waals surface area contributed by atoms with Crippen molar-refractivity contribution in [3.63, 3.8) is 0 Å². The van der Waals surface area contributed by atoms with Crippen molar-refractivity contribution in [2.75, 3.05) is 6.61 Å². The van der Waals surface area contributed by atoms with Crippen molar-refractivity contribution < 1.29 is 14.3 Å². The van der Waals surface area contributed by atoms with E-state index in [1.165, 1.54) is 0 Å². The van der Waals surface area contributed by atoms with Gasteiger partial charge in [0.2, 0.25) is 0 Å². The van der Waals surface area contributed by atoms with Crippen molar-refractivity contribution in [1.29, 1.82) is 0 Å². The van der Waals surface area contributed by atoms with Crippen LogP contribution in [0.3, 0.4) is 0 Å². The largest absolute Gasteiger partial charge is 0.483 e. The van der Waals surface area contributed by atoms with Crippen molar-refractivity contribution in [3.8, 4) is 11.5 Å². The van der Waals surface area contributed by atoms with Crippen LogP contribution in [0.1, 0.15) is 37.9 Å². The highest BCUT2D eigenvalue weighted by molar-refractivity contribution is 6.30. The molecule has 1 aliphatic rings. The lowest BCUT2D eigenvalue weighted by Crippen LogP contribution is -2.31. The van der Waals surface area contributed by atoms with Crippen LogP contribution in [0.4, 0.5) is 0 Å². The number of carbonyl (C=O) groups is 1. The minimum absolute atomic E-state index is 0.0574. The molecule has 1 N–H and O–H groups in total. The molecule has 25 heavy (non-hydrogen) atoms. The van der Waals surface area contributed by atoms with Crippen LogP contribution in [0.2, 0.25) is 5.02 Å². The Morgan fingerprint density at radius 2 is 2.00 bits per heavy atom. The van der Waals surface area contributed by atoms with E-state index in [0.717, 1.165) is 23.3 Å². The number of halogens is 1. The number of hydrogen-bond donors (Lipinski definition) is 1. The molecular formula is C20H22ClNO3. The molecule has 0 spiro atoms. The fourth-order valence-electron chi connectivity index (χ4n) is 2.96. The maximum atomic E-state index is 12.2. The first-order valence-electron chi connectivity index (χ1n) is 8.32. The maximum absolute atomic E-state index is 12.2. The molecule has 0 aromatic heterocycles.